The van der Waals surface area contributed by atoms with Crippen molar-refractivity contribution in [3.8, 4) is 0 Å². The van der Waals surface area contributed by atoms with E-state index in [1.54, 1.807) is 24.3 Å². The number of ether oxygens (including phenoxy) is 3. The average Bonchev–Trinajstić information content (AvgIpc) is 3.45. The number of hydrogen-bond acceptors (Lipinski definition) is 10. The number of esters is 2. The van der Waals surface area contributed by atoms with Gasteiger partial charge in [-0.15, -0.1) is 0 Å². The molecule has 0 bridgehead atoms. The van der Waals surface area contributed by atoms with Crippen LogP contribution >= 0.6 is 0 Å². The number of carbonyl (C=O) groups is 2. The highest BCUT2D eigenvalue weighted by molar-refractivity contribution is 5.90. The number of alkyl halides is 2. The zero-order chi connectivity index (χ0) is 28.5. The molecule has 0 spiro atoms. The monoisotopic (exact) mass is 552 g/mol. The van der Waals surface area contributed by atoms with Crippen LogP contribution in [0.15, 0.2) is 76.9 Å². The Morgan fingerprint density at radius 3 is 2.38 bits per heavy atom. The second kappa shape index (κ2) is 10.1. The number of azide groups is 1. The van der Waals surface area contributed by atoms with Gasteiger partial charge in [0, 0.05) is 4.91 Å². The van der Waals surface area contributed by atoms with E-state index >= 15 is 8.78 Å². The summed E-state index contributed by atoms with van der Waals surface area (Å²) in [5.41, 5.74) is 10.6. The summed E-state index contributed by atoms with van der Waals surface area (Å²) in [6, 6.07) is 14.8. The summed E-state index contributed by atoms with van der Waals surface area (Å²) in [7, 11) is 0. The summed E-state index contributed by atoms with van der Waals surface area (Å²) in [4.78, 5) is 50.2. The summed E-state index contributed by atoms with van der Waals surface area (Å²) in [5.74, 6) is -6.71. The molecule has 16 heteroatoms. The molecule has 204 valence electrons. The van der Waals surface area contributed by atoms with Crippen LogP contribution in [0.4, 0.5) is 14.7 Å². The lowest BCUT2D eigenvalue weighted by atomic mass is 10.0. The Balaban J connectivity index is 1.59. The number of fused-ring (bicyclic) bond motifs is 1. The molecule has 0 unspecified atom stereocenters. The molecule has 0 amide bonds. The van der Waals surface area contributed by atoms with Crippen molar-refractivity contribution >= 4 is 29.1 Å². The van der Waals surface area contributed by atoms with E-state index in [1.807, 2.05) is 0 Å². The van der Waals surface area contributed by atoms with Gasteiger partial charge in [0.1, 0.15) is 6.61 Å². The third-order valence-corrected chi connectivity index (χ3v) is 5.98. The lowest BCUT2D eigenvalue weighted by molar-refractivity contribution is -0.142. The Kier molecular flexibility index (Phi) is 6.63. The van der Waals surface area contributed by atoms with Gasteiger partial charge in [-0.1, -0.05) is 41.5 Å². The quantitative estimate of drug-likeness (QED) is 0.150. The molecule has 2 aromatic carbocycles. The number of H-pyrrole nitrogens is 1. The van der Waals surface area contributed by atoms with E-state index in [1.165, 1.54) is 36.4 Å². The van der Waals surface area contributed by atoms with Gasteiger partial charge in [0.15, 0.2) is 11.2 Å². The Morgan fingerprint density at radius 1 is 1.12 bits per heavy atom. The molecule has 0 radical (unpaired) electrons. The third-order valence-electron chi connectivity index (χ3n) is 5.98. The fraction of sp³-hybridized carbons (Fsp3) is 0.208. The second-order valence-corrected chi connectivity index (χ2v) is 8.55. The minimum Gasteiger partial charge on any atom is -0.459 e. The number of imidazole rings is 1. The fourth-order valence-electron chi connectivity index (χ4n) is 4.16. The van der Waals surface area contributed by atoms with Crippen molar-refractivity contribution < 1.29 is 32.6 Å². The number of anilines is 1. The topological polar surface area (TPSA) is 200 Å². The van der Waals surface area contributed by atoms with E-state index in [0.29, 0.717) is 4.57 Å². The number of nitrogen functional groups attached to an aromatic ring is 1. The number of aromatic nitrogens is 4. The SMILES string of the molecule is [N-]=[N+]=N[C@]1(COC(=O)c2ccccc2)O[C@@H](n2cnc3c(=O)[nH]c(N)nc32)C(F)(F)[C@@H]1OC(=O)c1ccccc1. The minimum absolute atomic E-state index is 0.0669. The molecule has 1 aliphatic heterocycles. The van der Waals surface area contributed by atoms with Crippen molar-refractivity contribution in [2.75, 3.05) is 12.3 Å². The van der Waals surface area contributed by atoms with Gasteiger partial charge >= 0.3 is 17.9 Å². The van der Waals surface area contributed by atoms with Crippen LogP contribution in [0.25, 0.3) is 21.6 Å². The van der Waals surface area contributed by atoms with Crippen LogP contribution in [0.2, 0.25) is 0 Å². The first-order valence-corrected chi connectivity index (χ1v) is 11.5. The van der Waals surface area contributed by atoms with Gasteiger partial charge in [-0.3, -0.25) is 14.3 Å². The molecule has 2 aromatic heterocycles. The summed E-state index contributed by atoms with van der Waals surface area (Å²) < 4.78 is 49.0. The molecule has 3 atom stereocenters. The van der Waals surface area contributed by atoms with Gasteiger partial charge in [0.05, 0.1) is 17.5 Å². The maximum atomic E-state index is 16.2. The lowest BCUT2D eigenvalue weighted by Gasteiger charge is -2.29. The molecule has 3 heterocycles. The number of aromatic amines is 1. The summed E-state index contributed by atoms with van der Waals surface area (Å²) >= 11 is 0. The summed E-state index contributed by atoms with van der Waals surface area (Å²) in [6.07, 6.45) is -4.18. The molecule has 0 aliphatic carbocycles. The molecule has 14 nitrogen and oxygen atoms in total. The average molecular weight is 552 g/mol. The summed E-state index contributed by atoms with van der Waals surface area (Å²) in [6.45, 7) is -1.08. The van der Waals surface area contributed by atoms with Crippen molar-refractivity contribution in [1.82, 2.24) is 19.5 Å². The number of nitrogens with two attached hydrogens (primary N) is 1. The standard InChI is InChI=1S/C24H18F2N8O6/c25-24(26)20(39-19(37)14-9-5-2-6-10-14)23(32-33-28,11-38-18(36)13-7-3-1-4-8-13)40-21(24)34-12-29-15-16(34)30-22(27)31-17(15)35/h1-10,12,20-21H,11H2,(H3,27,30,31,35)/t20-,21-,23-/m1/s1. The van der Waals surface area contributed by atoms with Crippen LogP contribution in [0, 0.1) is 0 Å². The van der Waals surface area contributed by atoms with Crippen molar-refractivity contribution in [2.24, 2.45) is 5.11 Å². The molecule has 5 rings (SSSR count). The van der Waals surface area contributed by atoms with Crippen LogP contribution in [0.1, 0.15) is 26.9 Å². The van der Waals surface area contributed by atoms with Gasteiger partial charge in [-0.2, -0.15) is 13.8 Å². The highest BCUT2D eigenvalue weighted by atomic mass is 19.3. The number of nitrogens with zero attached hydrogens (tertiary/aromatic N) is 6. The molecule has 4 aromatic rings. The number of carbonyl (C=O) groups excluding carboxylic acids is 2. The van der Waals surface area contributed by atoms with Crippen molar-refractivity contribution in [2.45, 2.75) is 24.0 Å². The fourth-order valence-corrected chi connectivity index (χ4v) is 4.16. The van der Waals surface area contributed by atoms with Gasteiger partial charge in [-0.05, 0) is 29.8 Å². The predicted molar refractivity (Wildman–Crippen MR) is 132 cm³/mol. The van der Waals surface area contributed by atoms with Crippen LogP contribution in [-0.2, 0) is 14.2 Å². The maximum absolute atomic E-state index is 16.2. The first kappa shape index (κ1) is 26.3. The van der Waals surface area contributed by atoms with Crippen molar-refractivity contribution in [1.29, 1.82) is 0 Å². The van der Waals surface area contributed by atoms with E-state index in [0.717, 1.165) is 6.33 Å². The number of halogens is 2. The Bertz CT molecular complexity index is 1690. The highest BCUT2D eigenvalue weighted by Gasteiger charge is 2.70. The summed E-state index contributed by atoms with van der Waals surface area (Å²) in [5, 5.41) is 3.40. The Labute approximate surface area is 221 Å². The van der Waals surface area contributed by atoms with E-state index in [4.69, 9.17) is 19.9 Å². The van der Waals surface area contributed by atoms with Gasteiger partial charge in [0.2, 0.25) is 24.0 Å². The zero-order valence-corrected chi connectivity index (χ0v) is 20.2. The highest BCUT2D eigenvalue weighted by Crippen LogP contribution is 2.51. The largest absolute Gasteiger partial charge is 0.459 e. The molecule has 1 saturated heterocycles. The number of rotatable bonds is 7. The van der Waals surface area contributed by atoms with Gasteiger partial charge in [0.25, 0.3) is 5.56 Å². The number of benzene rings is 2. The van der Waals surface area contributed by atoms with Crippen LogP contribution in [0.5, 0.6) is 0 Å². The van der Waals surface area contributed by atoms with Crippen LogP contribution in [0.3, 0.4) is 0 Å². The van der Waals surface area contributed by atoms with E-state index in [-0.39, 0.29) is 16.6 Å². The van der Waals surface area contributed by atoms with Gasteiger partial charge < -0.3 is 19.9 Å². The smallest absolute Gasteiger partial charge is 0.338 e. The predicted octanol–water partition coefficient (Wildman–Crippen LogP) is 2.96. The zero-order valence-electron chi connectivity index (χ0n) is 20.2. The number of hydrogen-bond donors (Lipinski definition) is 2. The maximum Gasteiger partial charge on any atom is 0.338 e. The van der Waals surface area contributed by atoms with E-state index < -0.39 is 59.7 Å². The third kappa shape index (κ3) is 4.57. The first-order chi connectivity index (χ1) is 19.2. The Morgan fingerprint density at radius 2 is 1.75 bits per heavy atom. The molecular formula is C24H18F2N8O6. The number of nitrogens with one attached hydrogen (secondary N) is 1. The first-order valence-electron chi connectivity index (χ1n) is 11.5. The van der Waals surface area contributed by atoms with E-state index in [2.05, 4.69) is 25.0 Å². The van der Waals surface area contributed by atoms with Crippen LogP contribution in [-0.4, -0.2) is 55.8 Å². The Hall–Kier alpha value is -5.34. The van der Waals surface area contributed by atoms with Crippen molar-refractivity contribution in [3.05, 3.63) is 98.9 Å². The lowest BCUT2D eigenvalue weighted by Crippen LogP contribution is -2.50. The minimum atomic E-state index is -4.16. The van der Waals surface area contributed by atoms with Crippen molar-refractivity contribution in [3.63, 3.8) is 0 Å². The molecule has 0 saturated carbocycles. The van der Waals surface area contributed by atoms with E-state index in [9.17, 15) is 19.9 Å². The van der Waals surface area contributed by atoms with Crippen LogP contribution < -0.4 is 11.3 Å². The molecule has 1 aliphatic rings. The molecule has 3 N–H and O–H groups in total. The van der Waals surface area contributed by atoms with Gasteiger partial charge in [-0.25, -0.2) is 14.6 Å². The molecule has 40 heavy (non-hydrogen) atoms. The molecule has 1 fully saturated rings. The molecular weight excluding hydrogens is 534 g/mol. The second-order valence-electron chi connectivity index (χ2n) is 8.55. The normalized spacial score (nSPS) is 21.4.